The van der Waals surface area contributed by atoms with Gasteiger partial charge in [-0.2, -0.15) is 5.26 Å². The van der Waals surface area contributed by atoms with Crippen LogP contribution in [0.25, 0.3) is 0 Å². The lowest BCUT2D eigenvalue weighted by Gasteiger charge is -2.32. The van der Waals surface area contributed by atoms with Crippen LogP contribution < -0.4 is 5.32 Å². The van der Waals surface area contributed by atoms with Crippen LogP contribution in [0, 0.1) is 21.4 Å². The minimum atomic E-state index is -0.605. The molecule has 0 radical (unpaired) electrons. The number of carbonyl (C=O) groups excluding carboxylic acids is 1. The Morgan fingerprint density at radius 3 is 3.00 bits per heavy atom. The van der Waals surface area contributed by atoms with Crippen molar-refractivity contribution in [2.45, 2.75) is 6.04 Å². The summed E-state index contributed by atoms with van der Waals surface area (Å²) in [4.78, 5) is 23.9. The van der Waals surface area contributed by atoms with Crippen molar-refractivity contribution in [1.82, 2.24) is 10.2 Å². The summed E-state index contributed by atoms with van der Waals surface area (Å²) in [6.45, 7) is 1.29. The smallest absolute Gasteiger partial charge is 0.270 e. The van der Waals surface area contributed by atoms with Gasteiger partial charge in [0.1, 0.15) is 6.04 Å². The molecule has 8 heteroatoms. The summed E-state index contributed by atoms with van der Waals surface area (Å²) in [5.74, 6) is -0.466. The summed E-state index contributed by atoms with van der Waals surface area (Å²) in [6.07, 6.45) is 0. The second-order valence-electron chi connectivity index (χ2n) is 4.27. The summed E-state index contributed by atoms with van der Waals surface area (Å²) in [5, 5.41) is 22.9. The van der Waals surface area contributed by atoms with Crippen LogP contribution in [0.3, 0.4) is 0 Å². The van der Waals surface area contributed by atoms with Gasteiger partial charge in [-0.05, 0) is 6.07 Å². The fourth-order valence-electron chi connectivity index (χ4n) is 2.01. The molecule has 0 bridgehead atoms. The third-order valence-corrected chi connectivity index (χ3v) is 3.37. The van der Waals surface area contributed by atoms with E-state index in [0.29, 0.717) is 19.6 Å². The average molecular weight is 295 g/mol. The summed E-state index contributed by atoms with van der Waals surface area (Å²) in [7, 11) is 0. The standard InChI is InChI=1S/C12H11ClN4O3/c13-11-2-1-8(17(19)20)5-10(11)12(18)16-4-3-15-7-9(16)6-14/h1-2,5,9,15H,3-4,7H2. The molecule has 2 rings (SSSR count). The van der Waals surface area contributed by atoms with E-state index in [1.165, 1.54) is 17.0 Å². The number of nitro groups is 1. The van der Waals surface area contributed by atoms with Crippen LogP contribution in [0.1, 0.15) is 10.4 Å². The van der Waals surface area contributed by atoms with Crippen molar-refractivity contribution >= 4 is 23.2 Å². The van der Waals surface area contributed by atoms with Gasteiger partial charge in [-0.1, -0.05) is 11.6 Å². The van der Waals surface area contributed by atoms with Gasteiger partial charge in [0, 0.05) is 31.8 Å². The van der Waals surface area contributed by atoms with Crippen molar-refractivity contribution in [2.24, 2.45) is 0 Å². The number of benzene rings is 1. The first-order valence-corrected chi connectivity index (χ1v) is 6.27. The zero-order chi connectivity index (χ0) is 14.7. The topological polar surface area (TPSA) is 99.3 Å². The Kier molecular flexibility index (Phi) is 4.17. The maximum atomic E-state index is 12.4. The second-order valence-corrected chi connectivity index (χ2v) is 4.68. The van der Waals surface area contributed by atoms with Crippen molar-refractivity contribution in [3.05, 3.63) is 38.9 Å². The number of carbonyl (C=O) groups is 1. The fraction of sp³-hybridized carbons (Fsp3) is 0.333. The molecule has 0 saturated carbocycles. The minimum Gasteiger partial charge on any atom is -0.320 e. The zero-order valence-electron chi connectivity index (χ0n) is 10.4. The van der Waals surface area contributed by atoms with Gasteiger partial charge in [-0.25, -0.2) is 0 Å². The summed E-state index contributed by atoms with van der Waals surface area (Å²) in [6, 6.07) is 5.11. The van der Waals surface area contributed by atoms with Crippen molar-refractivity contribution in [1.29, 1.82) is 5.26 Å². The van der Waals surface area contributed by atoms with Crippen LogP contribution >= 0.6 is 11.6 Å². The highest BCUT2D eigenvalue weighted by atomic mass is 35.5. The molecule has 1 aromatic carbocycles. The Morgan fingerprint density at radius 1 is 1.60 bits per heavy atom. The number of piperazine rings is 1. The Bertz CT molecular complexity index is 599. The molecule has 1 heterocycles. The minimum absolute atomic E-state index is 0.0445. The van der Waals surface area contributed by atoms with Gasteiger partial charge in [-0.3, -0.25) is 14.9 Å². The van der Waals surface area contributed by atoms with Gasteiger partial charge < -0.3 is 10.2 Å². The predicted octanol–water partition coefficient (Wildman–Crippen LogP) is 1.19. The van der Waals surface area contributed by atoms with E-state index in [4.69, 9.17) is 16.9 Å². The molecular weight excluding hydrogens is 284 g/mol. The Morgan fingerprint density at radius 2 is 2.35 bits per heavy atom. The van der Waals surface area contributed by atoms with Gasteiger partial charge >= 0.3 is 0 Å². The number of halogens is 1. The SMILES string of the molecule is N#CC1CNCCN1C(=O)c1cc([N+](=O)[O-])ccc1Cl. The van der Waals surface area contributed by atoms with E-state index in [1.807, 2.05) is 6.07 Å². The molecule has 1 atom stereocenters. The normalized spacial score (nSPS) is 18.4. The molecule has 0 aromatic heterocycles. The quantitative estimate of drug-likeness (QED) is 0.652. The van der Waals surface area contributed by atoms with E-state index in [0.717, 1.165) is 6.07 Å². The molecule has 104 valence electrons. The first-order chi connectivity index (χ1) is 9.54. The number of nitriles is 1. The van der Waals surface area contributed by atoms with Crippen molar-refractivity contribution in [3.8, 4) is 6.07 Å². The molecule has 1 aliphatic rings. The van der Waals surface area contributed by atoms with Crippen LogP contribution in [-0.2, 0) is 0 Å². The fourth-order valence-corrected chi connectivity index (χ4v) is 2.21. The molecule has 1 aliphatic heterocycles. The molecule has 20 heavy (non-hydrogen) atoms. The zero-order valence-corrected chi connectivity index (χ0v) is 11.1. The van der Waals surface area contributed by atoms with Crippen molar-refractivity contribution < 1.29 is 9.72 Å². The largest absolute Gasteiger partial charge is 0.320 e. The Labute approximate surface area is 119 Å². The first-order valence-electron chi connectivity index (χ1n) is 5.90. The van der Waals surface area contributed by atoms with Gasteiger partial charge in [0.05, 0.1) is 21.6 Å². The number of nitro benzene ring substituents is 1. The molecule has 7 nitrogen and oxygen atoms in total. The van der Waals surface area contributed by atoms with E-state index < -0.39 is 16.9 Å². The number of non-ortho nitro benzene ring substituents is 1. The van der Waals surface area contributed by atoms with E-state index in [2.05, 4.69) is 5.32 Å². The highest BCUT2D eigenvalue weighted by Gasteiger charge is 2.29. The lowest BCUT2D eigenvalue weighted by atomic mass is 10.1. The summed E-state index contributed by atoms with van der Waals surface area (Å²) >= 11 is 5.94. The number of hydrogen-bond donors (Lipinski definition) is 1. The lowest BCUT2D eigenvalue weighted by Crippen LogP contribution is -2.53. The molecule has 1 saturated heterocycles. The van der Waals surface area contributed by atoms with Gasteiger partial charge in [0.2, 0.25) is 0 Å². The van der Waals surface area contributed by atoms with E-state index in [-0.39, 0.29) is 16.3 Å². The number of hydrogen-bond acceptors (Lipinski definition) is 5. The number of amides is 1. The predicted molar refractivity (Wildman–Crippen MR) is 71.4 cm³/mol. The molecule has 1 fully saturated rings. The van der Waals surface area contributed by atoms with Crippen LogP contribution in [0.2, 0.25) is 5.02 Å². The molecule has 0 aliphatic carbocycles. The van der Waals surface area contributed by atoms with E-state index >= 15 is 0 Å². The van der Waals surface area contributed by atoms with Crippen LogP contribution in [-0.4, -0.2) is 41.4 Å². The summed E-state index contributed by atoms with van der Waals surface area (Å²) in [5.41, 5.74) is -0.163. The average Bonchev–Trinajstić information content (AvgIpc) is 2.46. The van der Waals surface area contributed by atoms with Crippen molar-refractivity contribution in [2.75, 3.05) is 19.6 Å². The van der Waals surface area contributed by atoms with Gasteiger partial charge in [-0.15, -0.1) is 0 Å². The maximum Gasteiger partial charge on any atom is 0.270 e. The molecule has 1 aromatic rings. The monoisotopic (exact) mass is 294 g/mol. The van der Waals surface area contributed by atoms with Crippen LogP contribution in [0.15, 0.2) is 18.2 Å². The highest BCUT2D eigenvalue weighted by molar-refractivity contribution is 6.34. The van der Waals surface area contributed by atoms with Crippen LogP contribution in [0.4, 0.5) is 5.69 Å². The molecule has 1 N–H and O–H groups in total. The van der Waals surface area contributed by atoms with E-state index in [9.17, 15) is 14.9 Å². The molecule has 0 spiro atoms. The number of nitrogens with zero attached hydrogens (tertiary/aromatic N) is 3. The lowest BCUT2D eigenvalue weighted by molar-refractivity contribution is -0.384. The Hall–Kier alpha value is -2.17. The Balaban J connectivity index is 2.35. The molecular formula is C12H11ClN4O3. The van der Waals surface area contributed by atoms with Crippen LogP contribution in [0.5, 0.6) is 0 Å². The number of rotatable bonds is 2. The first kappa shape index (κ1) is 14.2. The van der Waals surface area contributed by atoms with E-state index in [1.54, 1.807) is 0 Å². The number of nitrogens with one attached hydrogen (secondary N) is 1. The van der Waals surface area contributed by atoms with Gasteiger partial charge in [0.25, 0.3) is 11.6 Å². The summed E-state index contributed by atoms with van der Waals surface area (Å²) < 4.78 is 0. The molecule has 1 unspecified atom stereocenters. The highest BCUT2D eigenvalue weighted by Crippen LogP contribution is 2.24. The third kappa shape index (κ3) is 2.71. The maximum absolute atomic E-state index is 12.4. The molecule has 1 amide bonds. The third-order valence-electron chi connectivity index (χ3n) is 3.04. The van der Waals surface area contributed by atoms with Gasteiger partial charge in [0.15, 0.2) is 0 Å². The second kappa shape index (κ2) is 5.86. The van der Waals surface area contributed by atoms with Crippen molar-refractivity contribution in [3.63, 3.8) is 0 Å².